The third-order valence-corrected chi connectivity index (χ3v) is 3.20. The summed E-state index contributed by atoms with van der Waals surface area (Å²) in [7, 11) is 1.07. The van der Waals surface area contributed by atoms with E-state index in [0.717, 1.165) is 25.2 Å². The Morgan fingerprint density at radius 1 is 1.25 bits per heavy atom. The predicted octanol–water partition coefficient (Wildman–Crippen LogP) is 4.98. The lowest BCUT2D eigenvalue weighted by Gasteiger charge is -2.12. The quantitative estimate of drug-likeness (QED) is 0.559. The van der Waals surface area contributed by atoms with Gasteiger partial charge in [-0.15, -0.1) is 0 Å². The van der Waals surface area contributed by atoms with Crippen molar-refractivity contribution in [1.82, 2.24) is 9.78 Å². The molecule has 1 aromatic heterocycles. The lowest BCUT2D eigenvalue weighted by molar-refractivity contribution is -0.141. The molecule has 0 aliphatic heterocycles. The lowest BCUT2D eigenvalue weighted by Crippen LogP contribution is -2.17. The van der Waals surface area contributed by atoms with E-state index in [2.05, 4.69) is 16.4 Å². The molecule has 152 valence electrons. The Morgan fingerprint density at radius 3 is 2.50 bits per heavy atom. The van der Waals surface area contributed by atoms with Crippen LogP contribution in [0.2, 0.25) is 0 Å². The Kier molecular flexibility index (Phi) is 5.90. The molecule has 0 saturated carbocycles. The van der Waals surface area contributed by atoms with Crippen molar-refractivity contribution in [3.05, 3.63) is 48.2 Å². The van der Waals surface area contributed by atoms with Crippen LogP contribution in [0.3, 0.4) is 0 Å². The fraction of sp³-hybridized carbons (Fsp3) is 0.250. The first-order chi connectivity index (χ1) is 12.9. The van der Waals surface area contributed by atoms with E-state index in [-0.39, 0.29) is 6.61 Å². The van der Waals surface area contributed by atoms with Gasteiger partial charge in [-0.3, -0.25) is 5.32 Å². The van der Waals surface area contributed by atoms with Crippen LogP contribution in [0.15, 0.2) is 36.9 Å². The molecule has 12 heteroatoms. The number of nitrogens with one attached hydrogen (secondary N) is 1. The summed E-state index contributed by atoms with van der Waals surface area (Å²) in [6, 6.07) is 3.49. The average Bonchev–Trinajstić information content (AvgIpc) is 2.89. The number of carbonyl (C=O) groups is 1. The van der Waals surface area contributed by atoms with E-state index < -0.39 is 47.0 Å². The topological polar surface area (TPSA) is 65.4 Å². The van der Waals surface area contributed by atoms with Crippen molar-refractivity contribution in [2.45, 2.75) is 12.4 Å². The number of amides is 1. The Bertz CT molecular complexity index is 873. The minimum atomic E-state index is -4.98. The highest BCUT2D eigenvalue weighted by atomic mass is 19.4. The molecule has 28 heavy (non-hydrogen) atoms. The smallest absolute Gasteiger partial charge is 0.437 e. The van der Waals surface area contributed by atoms with E-state index in [9.17, 15) is 31.1 Å². The molecule has 1 heterocycles. The molecule has 0 fully saturated rings. The van der Waals surface area contributed by atoms with Gasteiger partial charge in [0, 0.05) is 7.05 Å². The highest BCUT2D eigenvalue weighted by Crippen LogP contribution is 2.41. The summed E-state index contributed by atoms with van der Waals surface area (Å²) < 4.78 is 88.4. The molecule has 6 nitrogen and oxygen atoms in total. The molecule has 0 atom stereocenters. The molecular weight excluding hydrogens is 396 g/mol. The number of hydrogen-bond acceptors (Lipinski definition) is 4. The van der Waals surface area contributed by atoms with Crippen LogP contribution < -0.4 is 10.1 Å². The number of carbonyl (C=O) groups excluding carboxylic acids is 1. The van der Waals surface area contributed by atoms with E-state index in [4.69, 9.17) is 4.74 Å². The van der Waals surface area contributed by atoms with Gasteiger partial charge in [0.2, 0.25) is 5.88 Å². The van der Waals surface area contributed by atoms with Gasteiger partial charge in [0.25, 0.3) is 0 Å². The van der Waals surface area contributed by atoms with Gasteiger partial charge in [-0.2, -0.15) is 31.4 Å². The van der Waals surface area contributed by atoms with Crippen LogP contribution in [0.25, 0.3) is 0 Å². The first-order valence-electron chi connectivity index (χ1n) is 7.47. The first-order valence-corrected chi connectivity index (χ1v) is 7.47. The second kappa shape index (κ2) is 7.82. The molecule has 0 saturated heterocycles. The summed E-state index contributed by atoms with van der Waals surface area (Å²) in [4.78, 5) is 11.7. The molecule has 0 aliphatic rings. The molecule has 2 aromatic rings. The normalized spacial score (nSPS) is 11.8. The molecular formula is C16H13F6N3O3. The molecule has 0 aliphatic carbocycles. The molecule has 0 bridgehead atoms. The number of anilines is 1. The minimum Gasteiger partial charge on any atom is -0.445 e. The Labute approximate surface area is 154 Å². The van der Waals surface area contributed by atoms with Crippen molar-refractivity contribution in [3.8, 4) is 11.6 Å². The maximum atomic E-state index is 13.2. The van der Waals surface area contributed by atoms with Crippen LogP contribution in [0.1, 0.15) is 11.3 Å². The fourth-order valence-electron chi connectivity index (χ4n) is 2.06. The van der Waals surface area contributed by atoms with E-state index in [1.807, 2.05) is 5.32 Å². The van der Waals surface area contributed by atoms with Gasteiger partial charge in [0.05, 0.1) is 5.56 Å². The number of rotatable bonds is 5. The number of alkyl halides is 6. The molecule has 2 rings (SSSR count). The van der Waals surface area contributed by atoms with Gasteiger partial charge in [0.15, 0.2) is 5.69 Å². The van der Waals surface area contributed by atoms with Crippen LogP contribution in [0, 0.1) is 0 Å². The van der Waals surface area contributed by atoms with E-state index in [1.165, 1.54) is 6.08 Å². The lowest BCUT2D eigenvalue weighted by atomic mass is 10.2. The third kappa shape index (κ3) is 4.96. The minimum absolute atomic E-state index is 0.280. The van der Waals surface area contributed by atoms with Gasteiger partial charge in [-0.25, -0.2) is 9.48 Å². The summed E-state index contributed by atoms with van der Waals surface area (Å²) in [6.07, 6.45) is -9.73. The number of nitrogens with zero attached hydrogens (tertiary/aromatic N) is 2. The number of aryl methyl sites for hydroxylation is 1. The standard InChI is InChI=1S/C16H13F6N3O3/c1-3-7-27-14(26)23-11-12(16(20,21)22)24-25(2)13(11)28-10-6-4-5-9(8-10)15(17,18)19/h3-6,8H,1,7H2,2H3,(H,23,26). The molecule has 1 amide bonds. The van der Waals surface area contributed by atoms with Crippen molar-refractivity contribution < 1.29 is 40.6 Å². The number of benzene rings is 1. The zero-order chi connectivity index (χ0) is 21.1. The summed E-state index contributed by atoms with van der Waals surface area (Å²) >= 11 is 0. The molecule has 1 N–H and O–H groups in total. The number of halogens is 6. The highest BCUT2D eigenvalue weighted by Gasteiger charge is 2.41. The van der Waals surface area contributed by atoms with Crippen molar-refractivity contribution in [3.63, 3.8) is 0 Å². The van der Waals surface area contributed by atoms with Crippen LogP contribution in [0.4, 0.5) is 36.8 Å². The van der Waals surface area contributed by atoms with Gasteiger partial charge < -0.3 is 9.47 Å². The zero-order valence-electron chi connectivity index (χ0n) is 14.2. The Hall–Kier alpha value is -3.18. The maximum absolute atomic E-state index is 13.2. The van der Waals surface area contributed by atoms with Crippen LogP contribution in [-0.2, 0) is 24.1 Å². The summed E-state index contributed by atoms with van der Waals surface area (Å²) in [5.41, 5.74) is -3.47. The van der Waals surface area contributed by atoms with Crippen molar-refractivity contribution in [2.24, 2.45) is 7.05 Å². The fourth-order valence-corrected chi connectivity index (χ4v) is 2.06. The van der Waals surface area contributed by atoms with Crippen LogP contribution in [0.5, 0.6) is 11.6 Å². The van der Waals surface area contributed by atoms with Crippen LogP contribution in [-0.4, -0.2) is 22.5 Å². The first kappa shape index (κ1) is 21.1. The third-order valence-electron chi connectivity index (χ3n) is 3.20. The summed E-state index contributed by atoms with van der Waals surface area (Å²) in [6.45, 7) is 3.00. The van der Waals surface area contributed by atoms with Crippen molar-refractivity contribution >= 4 is 11.8 Å². The molecule has 0 unspecified atom stereocenters. The Morgan fingerprint density at radius 2 is 1.93 bits per heavy atom. The van der Waals surface area contributed by atoms with Gasteiger partial charge in [-0.1, -0.05) is 18.7 Å². The number of aromatic nitrogens is 2. The summed E-state index contributed by atoms with van der Waals surface area (Å²) in [5, 5.41) is 5.08. The molecule has 0 radical (unpaired) electrons. The van der Waals surface area contributed by atoms with E-state index in [0.29, 0.717) is 10.7 Å². The Balaban J connectivity index is 2.44. The van der Waals surface area contributed by atoms with Crippen molar-refractivity contribution in [2.75, 3.05) is 11.9 Å². The monoisotopic (exact) mass is 409 g/mol. The molecule has 0 spiro atoms. The highest BCUT2D eigenvalue weighted by molar-refractivity contribution is 5.87. The van der Waals surface area contributed by atoms with E-state index >= 15 is 0 Å². The summed E-state index contributed by atoms with van der Waals surface area (Å²) in [5.74, 6) is -1.05. The number of hydrogen-bond donors (Lipinski definition) is 1. The van der Waals surface area contributed by atoms with Gasteiger partial charge >= 0.3 is 18.4 Å². The average molecular weight is 409 g/mol. The second-order valence-electron chi connectivity index (χ2n) is 5.29. The predicted molar refractivity (Wildman–Crippen MR) is 84.9 cm³/mol. The van der Waals surface area contributed by atoms with E-state index in [1.54, 1.807) is 0 Å². The van der Waals surface area contributed by atoms with Gasteiger partial charge in [-0.05, 0) is 18.2 Å². The van der Waals surface area contributed by atoms with Gasteiger partial charge in [0.1, 0.15) is 18.0 Å². The number of ether oxygens (including phenoxy) is 2. The van der Waals surface area contributed by atoms with Crippen molar-refractivity contribution in [1.29, 1.82) is 0 Å². The molecule has 1 aromatic carbocycles. The maximum Gasteiger partial charge on any atom is 0.437 e. The second-order valence-corrected chi connectivity index (χ2v) is 5.29. The largest absolute Gasteiger partial charge is 0.445 e. The zero-order valence-corrected chi connectivity index (χ0v) is 14.2. The van der Waals surface area contributed by atoms with Crippen LogP contribution >= 0.6 is 0 Å². The SMILES string of the molecule is C=CCOC(=O)Nc1c(C(F)(F)F)nn(C)c1Oc1cccc(C(F)(F)F)c1.